The number of hydrogen-bond acceptors (Lipinski definition) is 4. The molecule has 1 aliphatic heterocycles. The molecule has 0 amide bonds. The van der Waals surface area contributed by atoms with E-state index >= 15 is 0 Å². The maximum Gasteiger partial charge on any atom is 0.210 e. The molecule has 2 aromatic carbocycles. The van der Waals surface area contributed by atoms with E-state index in [9.17, 15) is 8.42 Å². The van der Waals surface area contributed by atoms with Gasteiger partial charge in [-0.1, -0.05) is 48.8 Å². The number of epoxide rings is 1. The van der Waals surface area contributed by atoms with E-state index in [1.807, 2.05) is 6.07 Å². The Labute approximate surface area is 157 Å². The van der Waals surface area contributed by atoms with Gasteiger partial charge in [-0.15, -0.1) is 0 Å². The lowest BCUT2D eigenvalue weighted by atomic mass is 9.87. The zero-order valence-electron chi connectivity index (χ0n) is 14.5. The molecule has 1 atom stereocenters. The molecule has 2 aromatic rings. The highest BCUT2D eigenvalue weighted by molar-refractivity contribution is 9.10. The van der Waals surface area contributed by atoms with Gasteiger partial charge in [0.15, 0.2) is 0 Å². The molecule has 3 rings (SSSR count). The van der Waals surface area contributed by atoms with E-state index in [0.717, 1.165) is 5.56 Å². The van der Waals surface area contributed by atoms with Crippen molar-refractivity contribution in [2.75, 3.05) is 13.2 Å². The molecule has 25 heavy (non-hydrogen) atoms. The monoisotopic (exact) mass is 424 g/mol. The Morgan fingerprint density at radius 2 is 1.92 bits per heavy atom. The van der Waals surface area contributed by atoms with Crippen molar-refractivity contribution in [3.05, 3.63) is 52.5 Å². The Kier molecular flexibility index (Phi) is 4.97. The molecule has 0 radical (unpaired) electrons. The summed E-state index contributed by atoms with van der Waals surface area (Å²) in [4.78, 5) is 0.430. The second-order valence-corrected chi connectivity index (χ2v) is 9.97. The molecule has 1 aliphatic rings. The zero-order chi connectivity index (χ0) is 18.2. The van der Waals surface area contributed by atoms with Crippen LogP contribution in [0.3, 0.4) is 0 Å². The summed E-state index contributed by atoms with van der Waals surface area (Å²) in [6.07, 6.45) is 0.0587. The van der Waals surface area contributed by atoms with Gasteiger partial charge in [-0.2, -0.15) is 0 Å². The van der Waals surface area contributed by atoms with Crippen LogP contribution < -0.4 is 4.74 Å². The van der Waals surface area contributed by atoms with Crippen LogP contribution >= 0.6 is 15.9 Å². The largest absolute Gasteiger partial charge is 0.489 e. The van der Waals surface area contributed by atoms with Crippen molar-refractivity contribution in [1.82, 2.24) is 0 Å². The van der Waals surface area contributed by atoms with Crippen LogP contribution in [0, 0.1) is 0 Å². The molecule has 0 spiro atoms. The SMILES string of the molecule is CC(C)(C)c1cccc(S(=O)(=O)c2cc(Br)ccc2OCC2CO2)c1. The van der Waals surface area contributed by atoms with Crippen molar-refractivity contribution >= 4 is 25.8 Å². The molecule has 4 nitrogen and oxygen atoms in total. The normalized spacial score (nSPS) is 17.4. The van der Waals surface area contributed by atoms with Gasteiger partial charge < -0.3 is 9.47 Å². The molecule has 134 valence electrons. The summed E-state index contributed by atoms with van der Waals surface area (Å²) in [5.41, 5.74) is 0.836. The van der Waals surface area contributed by atoms with Crippen molar-refractivity contribution < 1.29 is 17.9 Å². The summed E-state index contributed by atoms with van der Waals surface area (Å²) in [5, 5.41) is 0. The summed E-state index contributed by atoms with van der Waals surface area (Å²) in [7, 11) is -3.70. The smallest absolute Gasteiger partial charge is 0.210 e. The maximum atomic E-state index is 13.2. The molecule has 0 bridgehead atoms. The third kappa shape index (κ3) is 4.25. The van der Waals surface area contributed by atoms with E-state index in [1.165, 1.54) is 0 Å². The number of hydrogen-bond donors (Lipinski definition) is 0. The van der Waals surface area contributed by atoms with Gasteiger partial charge in [0, 0.05) is 4.47 Å². The van der Waals surface area contributed by atoms with Gasteiger partial charge in [0.25, 0.3) is 0 Å². The fraction of sp³-hybridized carbons (Fsp3) is 0.368. The quantitative estimate of drug-likeness (QED) is 0.669. The Bertz CT molecular complexity index is 881. The first-order valence-electron chi connectivity index (χ1n) is 8.07. The maximum absolute atomic E-state index is 13.2. The molecule has 0 aromatic heterocycles. The molecule has 0 N–H and O–H groups in total. The average Bonchev–Trinajstić information content (AvgIpc) is 3.37. The van der Waals surface area contributed by atoms with Crippen LogP contribution in [0.1, 0.15) is 26.3 Å². The van der Waals surface area contributed by atoms with Gasteiger partial charge in [-0.25, -0.2) is 8.42 Å². The minimum absolute atomic E-state index is 0.0587. The van der Waals surface area contributed by atoms with Crippen molar-refractivity contribution in [3.8, 4) is 5.75 Å². The molecule has 1 fully saturated rings. The van der Waals surface area contributed by atoms with E-state index in [-0.39, 0.29) is 21.3 Å². The van der Waals surface area contributed by atoms with Crippen LogP contribution in [-0.4, -0.2) is 27.7 Å². The molecule has 6 heteroatoms. The van der Waals surface area contributed by atoms with Crippen LogP contribution in [0.2, 0.25) is 0 Å². The topological polar surface area (TPSA) is 55.9 Å². The molecule has 1 heterocycles. The Hall–Kier alpha value is -1.37. The van der Waals surface area contributed by atoms with Gasteiger partial charge in [-0.3, -0.25) is 0 Å². The minimum atomic E-state index is -3.70. The van der Waals surface area contributed by atoms with Gasteiger partial charge in [-0.05, 0) is 41.3 Å². The molecule has 1 unspecified atom stereocenters. The lowest BCUT2D eigenvalue weighted by Crippen LogP contribution is -2.13. The fourth-order valence-electron chi connectivity index (χ4n) is 2.41. The number of halogens is 1. The minimum Gasteiger partial charge on any atom is -0.489 e. The van der Waals surface area contributed by atoms with Crippen molar-refractivity contribution in [1.29, 1.82) is 0 Å². The first-order valence-corrected chi connectivity index (χ1v) is 10.3. The van der Waals surface area contributed by atoms with Crippen molar-refractivity contribution in [3.63, 3.8) is 0 Å². The van der Waals surface area contributed by atoms with Gasteiger partial charge in [0.05, 0.1) is 11.5 Å². The van der Waals surface area contributed by atoms with Crippen LogP contribution in [0.4, 0.5) is 0 Å². The van der Waals surface area contributed by atoms with E-state index in [4.69, 9.17) is 9.47 Å². The fourth-order valence-corrected chi connectivity index (χ4v) is 4.40. The lowest BCUT2D eigenvalue weighted by Gasteiger charge is -2.20. The second-order valence-electron chi connectivity index (χ2n) is 7.14. The molecule has 0 aliphatic carbocycles. The van der Waals surface area contributed by atoms with Crippen LogP contribution in [0.25, 0.3) is 0 Å². The highest BCUT2D eigenvalue weighted by atomic mass is 79.9. The van der Waals surface area contributed by atoms with Gasteiger partial charge in [0.2, 0.25) is 9.84 Å². The summed E-state index contributed by atoms with van der Waals surface area (Å²) >= 11 is 3.36. The van der Waals surface area contributed by atoms with Gasteiger partial charge >= 0.3 is 0 Å². The van der Waals surface area contributed by atoms with E-state index in [0.29, 0.717) is 23.4 Å². The van der Waals surface area contributed by atoms with E-state index in [2.05, 4.69) is 36.7 Å². The highest BCUT2D eigenvalue weighted by Crippen LogP contribution is 2.34. The average molecular weight is 425 g/mol. The van der Waals surface area contributed by atoms with Crippen LogP contribution in [0.5, 0.6) is 5.75 Å². The van der Waals surface area contributed by atoms with Crippen molar-refractivity contribution in [2.45, 2.75) is 42.1 Å². The van der Waals surface area contributed by atoms with E-state index < -0.39 is 9.84 Å². The Morgan fingerprint density at radius 1 is 1.20 bits per heavy atom. The predicted octanol–water partition coefficient (Wildman–Crippen LogP) is 4.36. The number of benzene rings is 2. The third-order valence-electron chi connectivity index (χ3n) is 4.03. The molecular weight excluding hydrogens is 404 g/mol. The number of ether oxygens (including phenoxy) is 2. The Balaban J connectivity index is 2.03. The van der Waals surface area contributed by atoms with Crippen molar-refractivity contribution in [2.24, 2.45) is 0 Å². The molecule has 1 saturated heterocycles. The standard InChI is InChI=1S/C19H21BrO4S/c1-19(2,3)13-5-4-6-16(9-13)25(21,22)18-10-14(20)7-8-17(18)24-12-15-11-23-15/h4-10,15H,11-12H2,1-3H3. The van der Waals surface area contributed by atoms with Crippen LogP contribution in [0.15, 0.2) is 56.7 Å². The summed E-state index contributed by atoms with van der Waals surface area (Å²) < 4.78 is 37.9. The lowest BCUT2D eigenvalue weighted by molar-refractivity contribution is 0.258. The summed E-state index contributed by atoms with van der Waals surface area (Å²) in [6.45, 7) is 7.18. The first-order chi connectivity index (χ1) is 11.7. The summed E-state index contributed by atoms with van der Waals surface area (Å²) in [6, 6.07) is 12.1. The molecule has 0 saturated carbocycles. The molecular formula is C19H21BrO4S. The van der Waals surface area contributed by atoms with Crippen LogP contribution in [-0.2, 0) is 20.0 Å². The Morgan fingerprint density at radius 3 is 2.56 bits per heavy atom. The first kappa shape index (κ1) is 18.4. The number of sulfone groups is 1. The van der Waals surface area contributed by atoms with E-state index in [1.54, 1.807) is 36.4 Å². The predicted molar refractivity (Wildman–Crippen MR) is 100.0 cm³/mol. The second kappa shape index (κ2) is 6.74. The zero-order valence-corrected chi connectivity index (χ0v) is 16.9. The third-order valence-corrected chi connectivity index (χ3v) is 6.30. The number of rotatable bonds is 5. The highest BCUT2D eigenvalue weighted by Gasteiger charge is 2.27. The summed E-state index contributed by atoms with van der Waals surface area (Å²) in [5.74, 6) is 0.347. The van der Waals surface area contributed by atoms with Gasteiger partial charge in [0.1, 0.15) is 23.4 Å².